The Morgan fingerprint density at radius 2 is 2.07 bits per heavy atom. The molecule has 0 aliphatic carbocycles. The fourth-order valence-corrected chi connectivity index (χ4v) is 2.57. The van der Waals surface area contributed by atoms with Crippen molar-refractivity contribution in [2.45, 2.75) is 22.3 Å². The summed E-state index contributed by atoms with van der Waals surface area (Å²) in [7, 11) is 0. The highest BCUT2D eigenvalue weighted by Gasteiger charge is 2.03. The van der Waals surface area contributed by atoms with Crippen LogP contribution in [-0.2, 0) is 0 Å². The number of benzene rings is 1. The van der Waals surface area contributed by atoms with Crippen LogP contribution < -0.4 is 0 Å². The Hall–Kier alpha value is -0.910. The van der Waals surface area contributed by atoms with E-state index in [9.17, 15) is 5.11 Å². The van der Waals surface area contributed by atoms with E-state index in [1.54, 1.807) is 24.2 Å². The van der Waals surface area contributed by atoms with Gasteiger partial charge in [-0.05, 0) is 24.6 Å². The summed E-state index contributed by atoms with van der Waals surface area (Å²) >= 11 is 3.10. The molecule has 0 unspecified atom stereocenters. The van der Waals surface area contributed by atoms with E-state index >= 15 is 0 Å². The highest BCUT2D eigenvalue weighted by Crippen LogP contribution is 2.29. The van der Waals surface area contributed by atoms with Crippen LogP contribution >= 0.6 is 23.1 Å². The first-order chi connectivity index (χ1) is 7.25. The quantitative estimate of drug-likeness (QED) is 0.893. The Morgan fingerprint density at radius 1 is 1.33 bits per heavy atom. The van der Waals surface area contributed by atoms with Crippen LogP contribution in [0.25, 0.3) is 0 Å². The van der Waals surface area contributed by atoms with Crippen LogP contribution in [0.1, 0.15) is 18.6 Å². The van der Waals surface area contributed by atoms with E-state index in [4.69, 9.17) is 0 Å². The van der Waals surface area contributed by atoms with Crippen LogP contribution in [0.4, 0.5) is 0 Å². The van der Waals surface area contributed by atoms with Gasteiger partial charge in [-0.25, -0.2) is 0 Å². The predicted octanol–water partition coefficient (Wildman–Crippen LogP) is 2.74. The average Bonchev–Trinajstić information content (AvgIpc) is 2.71. The van der Waals surface area contributed by atoms with Gasteiger partial charge in [-0.2, -0.15) is 0 Å². The minimum absolute atomic E-state index is 0.412. The summed E-state index contributed by atoms with van der Waals surface area (Å²) < 4.78 is 0.930. The van der Waals surface area contributed by atoms with Gasteiger partial charge in [0.25, 0.3) is 0 Å². The largest absolute Gasteiger partial charge is 0.389 e. The lowest BCUT2D eigenvalue weighted by atomic mass is 10.1. The smallest absolute Gasteiger partial charge is 0.178 e. The summed E-state index contributed by atoms with van der Waals surface area (Å²) in [6.07, 6.45) is -0.412. The number of nitrogens with zero attached hydrogens (tertiary/aromatic N) is 2. The Labute approximate surface area is 96.2 Å². The van der Waals surface area contributed by atoms with Crippen LogP contribution in [0.5, 0.6) is 0 Å². The second-order valence-electron chi connectivity index (χ2n) is 3.05. The highest BCUT2D eigenvalue weighted by molar-refractivity contribution is 8.01. The Kier molecular flexibility index (Phi) is 3.35. The molecule has 0 radical (unpaired) electrons. The van der Waals surface area contributed by atoms with Crippen molar-refractivity contribution in [3.63, 3.8) is 0 Å². The van der Waals surface area contributed by atoms with E-state index in [0.29, 0.717) is 0 Å². The summed E-state index contributed by atoms with van der Waals surface area (Å²) in [5.74, 6) is 0. The molecule has 0 amide bonds. The molecule has 1 N–H and O–H groups in total. The maximum Gasteiger partial charge on any atom is 0.178 e. The first kappa shape index (κ1) is 10.6. The fourth-order valence-electron chi connectivity index (χ4n) is 1.12. The minimum atomic E-state index is -0.412. The molecule has 1 aromatic carbocycles. The second kappa shape index (κ2) is 4.74. The molecular formula is C10H10N2OS2. The predicted molar refractivity (Wildman–Crippen MR) is 61.1 cm³/mol. The maximum atomic E-state index is 9.34. The molecule has 0 bridgehead atoms. The molecule has 78 valence electrons. The summed E-state index contributed by atoms with van der Waals surface area (Å²) in [6.45, 7) is 1.76. The van der Waals surface area contributed by atoms with Crippen molar-refractivity contribution < 1.29 is 5.11 Å². The Bertz CT molecular complexity index is 411. The molecular weight excluding hydrogens is 228 g/mol. The van der Waals surface area contributed by atoms with Crippen molar-refractivity contribution in [2.75, 3.05) is 0 Å². The number of hydrogen-bond donors (Lipinski definition) is 1. The van der Waals surface area contributed by atoms with Crippen molar-refractivity contribution >= 4 is 23.1 Å². The normalized spacial score (nSPS) is 12.7. The van der Waals surface area contributed by atoms with Gasteiger partial charge in [-0.1, -0.05) is 35.2 Å². The van der Waals surface area contributed by atoms with E-state index in [1.165, 1.54) is 11.3 Å². The SMILES string of the molecule is C[C@H](O)c1ccc(Sc2nncs2)cc1. The van der Waals surface area contributed by atoms with E-state index < -0.39 is 6.10 Å². The fraction of sp³-hybridized carbons (Fsp3) is 0.200. The van der Waals surface area contributed by atoms with Crippen LogP contribution in [0, 0.1) is 0 Å². The lowest BCUT2D eigenvalue weighted by molar-refractivity contribution is 0.199. The van der Waals surface area contributed by atoms with Crippen molar-refractivity contribution in [1.29, 1.82) is 0 Å². The molecule has 3 nitrogen and oxygen atoms in total. The Morgan fingerprint density at radius 3 is 2.60 bits per heavy atom. The standard InChI is InChI=1S/C10H10N2OS2/c1-7(13)8-2-4-9(5-3-8)15-10-12-11-6-14-10/h2-7,13H,1H3/t7-/m0/s1. The van der Waals surface area contributed by atoms with Gasteiger partial charge in [-0.3, -0.25) is 0 Å². The molecule has 0 saturated carbocycles. The molecule has 2 aromatic rings. The van der Waals surface area contributed by atoms with Crippen LogP contribution in [0.2, 0.25) is 0 Å². The summed E-state index contributed by atoms with van der Waals surface area (Å²) in [5.41, 5.74) is 2.64. The van der Waals surface area contributed by atoms with Crippen LogP contribution in [0.15, 0.2) is 39.0 Å². The summed E-state index contributed by atoms with van der Waals surface area (Å²) in [5, 5.41) is 17.1. The molecule has 0 fully saturated rings. The molecule has 1 heterocycles. The minimum Gasteiger partial charge on any atom is -0.389 e. The van der Waals surface area contributed by atoms with Gasteiger partial charge in [0, 0.05) is 4.90 Å². The van der Waals surface area contributed by atoms with Gasteiger partial charge in [0.15, 0.2) is 4.34 Å². The lowest BCUT2D eigenvalue weighted by Crippen LogP contribution is -1.89. The van der Waals surface area contributed by atoms with Crippen molar-refractivity contribution in [1.82, 2.24) is 10.2 Å². The summed E-state index contributed by atoms with van der Waals surface area (Å²) in [6, 6.07) is 7.81. The number of hydrogen-bond acceptors (Lipinski definition) is 5. The van der Waals surface area contributed by atoms with Gasteiger partial charge in [0.1, 0.15) is 5.51 Å². The average molecular weight is 238 g/mol. The second-order valence-corrected chi connectivity index (χ2v) is 5.21. The summed E-state index contributed by atoms with van der Waals surface area (Å²) in [4.78, 5) is 1.11. The van der Waals surface area contributed by atoms with Gasteiger partial charge in [0.2, 0.25) is 0 Å². The van der Waals surface area contributed by atoms with E-state index in [0.717, 1.165) is 14.8 Å². The number of aliphatic hydroxyl groups is 1. The number of rotatable bonds is 3. The first-order valence-corrected chi connectivity index (χ1v) is 6.17. The zero-order valence-electron chi connectivity index (χ0n) is 8.12. The Balaban J connectivity index is 2.11. The number of aliphatic hydroxyl groups excluding tert-OH is 1. The third kappa shape index (κ3) is 2.77. The van der Waals surface area contributed by atoms with Gasteiger partial charge in [-0.15, -0.1) is 10.2 Å². The zero-order valence-corrected chi connectivity index (χ0v) is 9.76. The monoisotopic (exact) mass is 238 g/mol. The molecule has 5 heteroatoms. The molecule has 0 aliphatic heterocycles. The molecule has 1 aromatic heterocycles. The van der Waals surface area contributed by atoms with E-state index in [-0.39, 0.29) is 0 Å². The van der Waals surface area contributed by atoms with Crippen molar-refractivity contribution in [2.24, 2.45) is 0 Å². The van der Waals surface area contributed by atoms with Crippen molar-refractivity contribution in [3.05, 3.63) is 35.3 Å². The molecule has 0 saturated heterocycles. The van der Waals surface area contributed by atoms with Crippen LogP contribution in [-0.4, -0.2) is 15.3 Å². The number of aromatic nitrogens is 2. The third-order valence-electron chi connectivity index (χ3n) is 1.91. The lowest BCUT2D eigenvalue weighted by Gasteiger charge is -2.04. The maximum absolute atomic E-state index is 9.34. The molecule has 1 atom stereocenters. The molecule has 0 aliphatic rings. The van der Waals surface area contributed by atoms with Gasteiger partial charge < -0.3 is 5.11 Å². The van der Waals surface area contributed by atoms with E-state index in [2.05, 4.69) is 10.2 Å². The molecule has 15 heavy (non-hydrogen) atoms. The highest BCUT2D eigenvalue weighted by atomic mass is 32.2. The van der Waals surface area contributed by atoms with E-state index in [1.807, 2.05) is 24.3 Å². The third-order valence-corrected chi connectivity index (χ3v) is 3.69. The van der Waals surface area contributed by atoms with Crippen molar-refractivity contribution in [3.8, 4) is 0 Å². The molecule has 2 rings (SSSR count). The van der Waals surface area contributed by atoms with Gasteiger partial charge in [0.05, 0.1) is 6.10 Å². The zero-order chi connectivity index (χ0) is 10.7. The molecule has 0 spiro atoms. The van der Waals surface area contributed by atoms with Gasteiger partial charge >= 0.3 is 0 Å². The topological polar surface area (TPSA) is 46.0 Å². The van der Waals surface area contributed by atoms with Crippen LogP contribution in [0.3, 0.4) is 0 Å². The first-order valence-electron chi connectivity index (χ1n) is 4.48.